The molecule has 1 aliphatic carbocycles. The molecule has 2 aromatic rings. The van der Waals surface area contributed by atoms with E-state index in [-0.39, 0.29) is 17.3 Å². The van der Waals surface area contributed by atoms with Gasteiger partial charge in [-0.3, -0.25) is 10.2 Å². The number of hydrogen-bond donors (Lipinski definition) is 1. The monoisotopic (exact) mass is 487 g/mol. The van der Waals surface area contributed by atoms with E-state index in [0.29, 0.717) is 17.0 Å². The number of thioether (sulfide) groups is 1. The van der Waals surface area contributed by atoms with E-state index in [1.807, 2.05) is 0 Å². The smallest absolute Gasteiger partial charge is 0.283 e. The Morgan fingerprint density at radius 1 is 1.17 bits per heavy atom. The number of fused-ring (bicyclic) bond motifs is 1. The molecule has 3 aliphatic rings. The highest BCUT2D eigenvalue weighted by Crippen LogP contribution is 2.36. The third-order valence-electron chi connectivity index (χ3n) is 7.53. The maximum absolute atomic E-state index is 12.9. The molecule has 7 heteroatoms. The first-order valence-corrected chi connectivity index (χ1v) is 13.5. The van der Waals surface area contributed by atoms with Gasteiger partial charge in [0.1, 0.15) is 5.04 Å². The predicted octanol–water partition coefficient (Wildman–Crippen LogP) is 6.81. The molecule has 1 amide bonds. The fraction of sp³-hybridized carbons (Fsp3) is 0.429. The highest BCUT2D eigenvalue weighted by Gasteiger charge is 2.38. The summed E-state index contributed by atoms with van der Waals surface area (Å²) in [4.78, 5) is 17.2. The highest BCUT2D eigenvalue weighted by atomic mass is 32.2. The lowest BCUT2D eigenvalue weighted by Crippen LogP contribution is -2.35. The Kier molecular flexibility index (Phi) is 6.53. The molecular formula is C28H33N5OS. The van der Waals surface area contributed by atoms with Gasteiger partial charge in [-0.1, -0.05) is 45.2 Å². The van der Waals surface area contributed by atoms with Crippen molar-refractivity contribution in [1.82, 2.24) is 9.58 Å². The van der Waals surface area contributed by atoms with Gasteiger partial charge in [-0.25, -0.2) is 0 Å². The third kappa shape index (κ3) is 4.42. The van der Waals surface area contributed by atoms with Gasteiger partial charge in [0, 0.05) is 23.0 Å². The van der Waals surface area contributed by atoms with Gasteiger partial charge in [0.25, 0.3) is 5.91 Å². The Hall–Kier alpha value is -2.93. The van der Waals surface area contributed by atoms with Gasteiger partial charge in [0.05, 0.1) is 5.57 Å². The van der Waals surface area contributed by atoms with E-state index in [1.165, 1.54) is 36.6 Å². The zero-order valence-corrected chi connectivity index (χ0v) is 21.8. The molecular weight excluding hydrogens is 454 g/mol. The Labute approximate surface area is 211 Å². The Balaban J connectivity index is 1.44. The van der Waals surface area contributed by atoms with E-state index >= 15 is 0 Å². The van der Waals surface area contributed by atoms with Crippen molar-refractivity contribution in [3.63, 3.8) is 0 Å². The lowest BCUT2D eigenvalue weighted by atomic mass is 9.90. The van der Waals surface area contributed by atoms with Crippen molar-refractivity contribution in [1.29, 1.82) is 5.41 Å². The van der Waals surface area contributed by atoms with E-state index in [2.05, 4.69) is 67.6 Å². The summed E-state index contributed by atoms with van der Waals surface area (Å²) in [6.45, 7) is 8.58. The lowest BCUT2D eigenvalue weighted by Gasteiger charge is -2.20. The van der Waals surface area contributed by atoms with Crippen LogP contribution >= 0.6 is 11.8 Å². The van der Waals surface area contributed by atoms with E-state index in [4.69, 9.17) is 10.5 Å². The Morgan fingerprint density at radius 2 is 1.89 bits per heavy atom. The molecule has 35 heavy (non-hydrogen) atoms. The van der Waals surface area contributed by atoms with E-state index < -0.39 is 0 Å². The van der Waals surface area contributed by atoms with Crippen molar-refractivity contribution in [2.75, 3.05) is 0 Å². The SMILES string of the molecule is CC[C@@H](C)c1ccc(-n2c(C)cc(/C=C3\C(=N)N4N=C(C5CCCCC5)SC4=NC3=O)c2C)cc1. The van der Waals surface area contributed by atoms with Crippen molar-refractivity contribution < 1.29 is 4.79 Å². The number of carbonyl (C=O) groups is 1. The number of amides is 1. The molecule has 1 aromatic carbocycles. The summed E-state index contributed by atoms with van der Waals surface area (Å²) in [6.07, 6.45) is 8.88. The van der Waals surface area contributed by atoms with Crippen LogP contribution in [-0.2, 0) is 4.79 Å². The number of amidine groups is 2. The minimum absolute atomic E-state index is 0.112. The normalized spacial score (nSPS) is 20.8. The second-order valence-electron chi connectivity index (χ2n) is 9.86. The Bertz CT molecular complexity index is 1260. The van der Waals surface area contributed by atoms with E-state index in [1.54, 1.807) is 11.1 Å². The molecule has 1 aromatic heterocycles. The van der Waals surface area contributed by atoms with Gasteiger partial charge in [-0.15, -0.1) is 0 Å². The molecule has 182 valence electrons. The number of benzene rings is 1. The molecule has 3 heterocycles. The number of aliphatic imine (C=N–C) groups is 1. The van der Waals surface area contributed by atoms with Crippen molar-refractivity contribution in [3.8, 4) is 5.69 Å². The average molecular weight is 488 g/mol. The maximum atomic E-state index is 12.9. The van der Waals surface area contributed by atoms with Gasteiger partial charge in [-0.05, 0) is 86.2 Å². The third-order valence-corrected chi connectivity index (χ3v) is 8.60. The number of aromatic nitrogens is 1. The van der Waals surface area contributed by atoms with Crippen molar-refractivity contribution in [2.45, 2.75) is 72.1 Å². The van der Waals surface area contributed by atoms with Gasteiger partial charge < -0.3 is 4.57 Å². The first-order valence-electron chi connectivity index (χ1n) is 12.7. The van der Waals surface area contributed by atoms with Crippen LogP contribution in [-0.4, -0.2) is 31.5 Å². The van der Waals surface area contributed by atoms with Gasteiger partial charge in [0.2, 0.25) is 5.17 Å². The second-order valence-corrected chi connectivity index (χ2v) is 10.8. The molecule has 0 unspecified atom stereocenters. The number of rotatable bonds is 5. The molecule has 1 saturated carbocycles. The first kappa shape index (κ1) is 23.8. The van der Waals surface area contributed by atoms with Crippen LogP contribution in [0.4, 0.5) is 0 Å². The van der Waals surface area contributed by atoms with Crippen molar-refractivity contribution in [3.05, 3.63) is 58.4 Å². The number of nitrogens with one attached hydrogen (secondary N) is 1. The molecule has 2 aliphatic heterocycles. The predicted molar refractivity (Wildman–Crippen MR) is 146 cm³/mol. The average Bonchev–Trinajstić information content (AvgIpc) is 3.42. The maximum Gasteiger partial charge on any atom is 0.283 e. The van der Waals surface area contributed by atoms with E-state index in [9.17, 15) is 4.79 Å². The summed E-state index contributed by atoms with van der Waals surface area (Å²) >= 11 is 1.46. The molecule has 1 N–H and O–H groups in total. The highest BCUT2D eigenvalue weighted by molar-refractivity contribution is 8.27. The van der Waals surface area contributed by atoms with E-state index in [0.717, 1.165) is 46.9 Å². The molecule has 0 radical (unpaired) electrons. The van der Waals surface area contributed by atoms with Crippen LogP contribution in [0, 0.1) is 25.2 Å². The minimum Gasteiger partial charge on any atom is -0.318 e. The molecule has 0 spiro atoms. The van der Waals surface area contributed by atoms with Crippen LogP contribution in [0.1, 0.15) is 80.8 Å². The summed E-state index contributed by atoms with van der Waals surface area (Å²) in [5.74, 6) is 0.704. The molecule has 0 bridgehead atoms. The topological polar surface area (TPSA) is 73.8 Å². The number of aryl methyl sites for hydroxylation is 1. The fourth-order valence-corrected chi connectivity index (χ4v) is 6.25. The summed E-state index contributed by atoms with van der Waals surface area (Å²) in [5.41, 5.74) is 5.76. The zero-order valence-electron chi connectivity index (χ0n) is 21.0. The van der Waals surface area contributed by atoms with Crippen LogP contribution in [0.2, 0.25) is 0 Å². The van der Waals surface area contributed by atoms with Crippen molar-refractivity contribution in [2.24, 2.45) is 16.0 Å². The molecule has 0 saturated heterocycles. The van der Waals surface area contributed by atoms with Gasteiger partial charge in [0.15, 0.2) is 5.84 Å². The summed E-state index contributed by atoms with van der Waals surface area (Å²) in [6, 6.07) is 10.8. The van der Waals surface area contributed by atoms with Crippen molar-refractivity contribution >= 4 is 39.8 Å². The van der Waals surface area contributed by atoms with Crippen LogP contribution in [0.3, 0.4) is 0 Å². The quantitative estimate of drug-likeness (QED) is 0.471. The summed E-state index contributed by atoms with van der Waals surface area (Å²) in [7, 11) is 0. The number of carbonyl (C=O) groups excluding carboxylic acids is 1. The second kappa shape index (κ2) is 9.61. The zero-order chi connectivity index (χ0) is 24.7. The summed E-state index contributed by atoms with van der Waals surface area (Å²) < 4.78 is 2.20. The van der Waals surface area contributed by atoms with Gasteiger partial charge in [-0.2, -0.15) is 15.1 Å². The molecule has 1 fully saturated rings. The van der Waals surface area contributed by atoms with Crippen LogP contribution in [0.5, 0.6) is 0 Å². The minimum atomic E-state index is -0.364. The standard InChI is InChI=1S/C28H33N5OS/c1-5-17(2)20-11-13-23(14-12-20)32-18(3)15-22(19(32)4)16-24-25(29)33-28(30-26(24)34)35-27(31-33)21-9-7-6-8-10-21/h11-17,21,29H,5-10H2,1-4H3/b24-16+,29-25?/t17-/m1/s1. The largest absolute Gasteiger partial charge is 0.318 e. The number of nitrogens with zero attached hydrogens (tertiary/aromatic N) is 4. The fourth-order valence-electron chi connectivity index (χ4n) is 5.20. The van der Waals surface area contributed by atoms with Crippen LogP contribution < -0.4 is 0 Å². The van der Waals surface area contributed by atoms with Gasteiger partial charge >= 0.3 is 0 Å². The Morgan fingerprint density at radius 3 is 2.57 bits per heavy atom. The van der Waals surface area contributed by atoms with Crippen LogP contribution in [0.25, 0.3) is 11.8 Å². The number of hydrazone groups is 1. The first-order chi connectivity index (χ1) is 16.9. The molecule has 5 rings (SSSR count). The molecule has 6 nitrogen and oxygen atoms in total. The summed E-state index contributed by atoms with van der Waals surface area (Å²) in [5, 5.41) is 16.6. The van der Waals surface area contributed by atoms with Crippen LogP contribution in [0.15, 0.2) is 46.0 Å². The number of hydrogen-bond acceptors (Lipinski definition) is 4. The lowest BCUT2D eigenvalue weighted by molar-refractivity contribution is -0.114. The molecule has 1 atom stereocenters.